The fraction of sp³-hybridized carbons (Fsp3) is 0.478. The fourth-order valence-electron chi connectivity index (χ4n) is 5.41. The molecule has 3 atom stereocenters. The van der Waals surface area contributed by atoms with Gasteiger partial charge in [0.05, 0.1) is 0 Å². The van der Waals surface area contributed by atoms with E-state index >= 15 is 0 Å². The summed E-state index contributed by atoms with van der Waals surface area (Å²) in [5, 5.41) is 0. The molecule has 0 saturated heterocycles. The van der Waals surface area contributed by atoms with Crippen molar-refractivity contribution in [1.82, 2.24) is 0 Å². The number of aryl methyl sites for hydroxylation is 1. The van der Waals surface area contributed by atoms with Crippen molar-refractivity contribution < 1.29 is 0 Å². The van der Waals surface area contributed by atoms with Crippen LogP contribution in [-0.4, -0.2) is 0 Å². The maximum atomic E-state index is 2.54. The van der Waals surface area contributed by atoms with Crippen molar-refractivity contribution >= 4 is 0 Å². The molecular weight excluding hydrogens is 276 g/mol. The van der Waals surface area contributed by atoms with Gasteiger partial charge in [-0.05, 0) is 65.2 Å². The summed E-state index contributed by atoms with van der Waals surface area (Å²) < 4.78 is 0. The normalized spacial score (nSPS) is 29.7. The quantitative estimate of drug-likeness (QED) is 0.646. The number of fused-ring (bicyclic) bond motifs is 3. The molecule has 0 heteroatoms. The lowest BCUT2D eigenvalue weighted by Gasteiger charge is -2.49. The van der Waals surface area contributed by atoms with Crippen LogP contribution in [0.2, 0.25) is 0 Å². The second-order valence-corrected chi connectivity index (χ2v) is 8.09. The third kappa shape index (κ3) is 2.63. The van der Waals surface area contributed by atoms with Gasteiger partial charge in [0.2, 0.25) is 0 Å². The Morgan fingerprint density at radius 2 is 1.83 bits per heavy atom. The molecule has 0 aromatic heterocycles. The van der Waals surface area contributed by atoms with Crippen LogP contribution < -0.4 is 0 Å². The second kappa shape index (κ2) is 5.82. The highest BCUT2D eigenvalue weighted by Gasteiger charge is 2.44. The van der Waals surface area contributed by atoms with E-state index in [0.29, 0.717) is 5.41 Å². The minimum Gasteiger partial charge on any atom is -0.0622 e. The van der Waals surface area contributed by atoms with Gasteiger partial charge in [0.25, 0.3) is 0 Å². The first-order chi connectivity index (χ1) is 11.2. The molecule has 0 N–H and O–H groups in total. The molecule has 0 nitrogen and oxygen atoms in total. The number of hydrogen-bond acceptors (Lipinski definition) is 0. The van der Waals surface area contributed by atoms with Crippen molar-refractivity contribution in [2.45, 2.75) is 57.8 Å². The first-order valence-corrected chi connectivity index (χ1v) is 9.33. The van der Waals surface area contributed by atoms with Crippen LogP contribution in [0.1, 0.15) is 61.8 Å². The molecule has 2 aromatic carbocycles. The Bertz CT molecular complexity index is 684. The summed E-state index contributed by atoms with van der Waals surface area (Å²) in [5.74, 6) is 1.79. The highest BCUT2D eigenvalue weighted by atomic mass is 14.5. The molecule has 2 aromatic rings. The van der Waals surface area contributed by atoms with Crippen LogP contribution in [0, 0.1) is 11.8 Å². The zero-order valence-electron chi connectivity index (χ0n) is 14.5. The summed E-state index contributed by atoms with van der Waals surface area (Å²) in [6.45, 7) is 5.03. The van der Waals surface area contributed by atoms with Gasteiger partial charge in [0.15, 0.2) is 0 Å². The summed E-state index contributed by atoms with van der Waals surface area (Å²) in [4.78, 5) is 0. The van der Waals surface area contributed by atoms with Crippen LogP contribution in [0.5, 0.6) is 0 Å². The zero-order chi connectivity index (χ0) is 15.9. The fourth-order valence-corrected chi connectivity index (χ4v) is 5.41. The molecule has 0 amide bonds. The molecule has 23 heavy (non-hydrogen) atoms. The van der Waals surface area contributed by atoms with Gasteiger partial charge in [-0.3, -0.25) is 0 Å². The van der Waals surface area contributed by atoms with Gasteiger partial charge in [-0.1, -0.05) is 75.2 Å². The Morgan fingerprint density at radius 1 is 1.00 bits per heavy atom. The van der Waals surface area contributed by atoms with Crippen molar-refractivity contribution in [1.29, 1.82) is 0 Å². The van der Waals surface area contributed by atoms with Crippen LogP contribution in [0.25, 0.3) is 0 Å². The molecule has 2 aliphatic carbocycles. The van der Waals surface area contributed by atoms with Crippen molar-refractivity contribution in [3.05, 3.63) is 70.8 Å². The standard InChI is InChI=1S/C23H28/c1-17-7-6-14-23(2)21(17)13-11-20-16-19(10-12-22(20)23)15-18-8-4-3-5-9-18/h3-5,8-10,12,16-17,21H,6-7,11,13-15H2,1-2H3/t17-,21?,23?/m0/s1. The minimum atomic E-state index is 0.427. The largest absolute Gasteiger partial charge is 0.0622 e. The first-order valence-electron chi connectivity index (χ1n) is 9.33. The van der Waals surface area contributed by atoms with Crippen LogP contribution >= 0.6 is 0 Å². The number of hydrogen-bond donors (Lipinski definition) is 0. The Kier molecular flexibility index (Phi) is 3.79. The van der Waals surface area contributed by atoms with E-state index in [1.165, 1.54) is 43.2 Å². The van der Waals surface area contributed by atoms with Crippen LogP contribution in [-0.2, 0) is 18.3 Å². The van der Waals surface area contributed by atoms with Gasteiger partial charge in [-0.25, -0.2) is 0 Å². The van der Waals surface area contributed by atoms with Crippen molar-refractivity contribution in [2.24, 2.45) is 11.8 Å². The van der Waals surface area contributed by atoms with E-state index < -0.39 is 0 Å². The number of benzene rings is 2. The van der Waals surface area contributed by atoms with Crippen molar-refractivity contribution in [2.75, 3.05) is 0 Å². The summed E-state index contributed by atoms with van der Waals surface area (Å²) in [6.07, 6.45) is 7.95. The SMILES string of the molecule is C[C@H]1CCCC2(C)c3ccc(Cc4ccccc4)cc3CCC12. The summed E-state index contributed by atoms with van der Waals surface area (Å²) in [5.41, 5.74) is 6.61. The Balaban J connectivity index is 1.65. The predicted molar refractivity (Wildman–Crippen MR) is 97.9 cm³/mol. The molecule has 2 aliphatic rings. The first kappa shape index (κ1) is 15.0. The van der Waals surface area contributed by atoms with E-state index in [2.05, 4.69) is 62.4 Å². The third-order valence-electron chi connectivity index (χ3n) is 6.62. The molecule has 4 rings (SSSR count). The van der Waals surface area contributed by atoms with Crippen molar-refractivity contribution in [3.63, 3.8) is 0 Å². The van der Waals surface area contributed by atoms with Crippen LogP contribution in [0.15, 0.2) is 48.5 Å². The summed E-state index contributed by atoms with van der Waals surface area (Å²) >= 11 is 0. The predicted octanol–water partition coefficient (Wildman–Crippen LogP) is 5.92. The lowest BCUT2D eigenvalue weighted by Crippen LogP contribution is -2.43. The van der Waals surface area contributed by atoms with Gasteiger partial charge in [-0.15, -0.1) is 0 Å². The lowest BCUT2D eigenvalue weighted by molar-refractivity contribution is 0.118. The van der Waals surface area contributed by atoms with E-state index in [0.717, 1.165) is 18.3 Å². The molecule has 0 spiro atoms. The van der Waals surface area contributed by atoms with Gasteiger partial charge >= 0.3 is 0 Å². The average Bonchev–Trinajstić information content (AvgIpc) is 2.55. The van der Waals surface area contributed by atoms with Crippen molar-refractivity contribution in [3.8, 4) is 0 Å². The van der Waals surface area contributed by atoms with E-state index in [1.807, 2.05) is 0 Å². The molecular formula is C23H28. The van der Waals surface area contributed by atoms with Crippen LogP contribution in [0.4, 0.5) is 0 Å². The molecule has 0 aliphatic heterocycles. The van der Waals surface area contributed by atoms with Crippen LogP contribution in [0.3, 0.4) is 0 Å². The van der Waals surface area contributed by atoms with E-state index in [4.69, 9.17) is 0 Å². The second-order valence-electron chi connectivity index (χ2n) is 8.09. The highest BCUT2D eigenvalue weighted by molar-refractivity contribution is 5.42. The zero-order valence-corrected chi connectivity index (χ0v) is 14.5. The molecule has 1 fully saturated rings. The van der Waals surface area contributed by atoms with Gasteiger partial charge in [-0.2, -0.15) is 0 Å². The molecule has 0 bridgehead atoms. The van der Waals surface area contributed by atoms with E-state index in [9.17, 15) is 0 Å². The van der Waals surface area contributed by atoms with Gasteiger partial charge < -0.3 is 0 Å². The summed E-state index contributed by atoms with van der Waals surface area (Å²) in [7, 11) is 0. The molecule has 0 radical (unpaired) electrons. The van der Waals surface area contributed by atoms with E-state index in [-0.39, 0.29) is 0 Å². The highest BCUT2D eigenvalue weighted by Crippen LogP contribution is 2.52. The van der Waals surface area contributed by atoms with E-state index in [1.54, 1.807) is 11.1 Å². The summed E-state index contributed by atoms with van der Waals surface area (Å²) in [6, 6.07) is 18.2. The smallest absolute Gasteiger partial charge is 0.00257 e. The topological polar surface area (TPSA) is 0 Å². The Labute approximate surface area is 140 Å². The van der Waals surface area contributed by atoms with Gasteiger partial charge in [0, 0.05) is 0 Å². The monoisotopic (exact) mass is 304 g/mol. The third-order valence-corrected chi connectivity index (χ3v) is 6.62. The maximum absolute atomic E-state index is 2.54. The maximum Gasteiger partial charge on any atom is -0.00257 e. The number of rotatable bonds is 2. The Morgan fingerprint density at radius 3 is 2.65 bits per heavy atom. The van der Waals surface area contributed by atoms with Gasteiger partial charge in [0.1, 0.15) is 0 Å². The molecule has 1 saturated carbocycles. The molecule has 120 valence electrons. The Hall–Kier alpha value is -1.56. The lowest BCUT2D eigenvalue weighted by atomic mass is 9.55. The molecule has 2 unspecified atom stereocenters. The minimum absolute atomic E-state index is 0.427. The average molecular weight is 304 g/mol. The molecule has 0 heterocycles.